The first-order valence-electron chi connectivity index (χ1n) is 9.25. The average Bonchev–Trinajstić information content (AvgIpc) is 3.25. The summed E-state index contributed by atoms with van der Waals surface area (Å²) in [5, 5.41) is 9.17. The van der Waals surface area contributed by atoms with E-state index in [1.165, 1.54) is 0 Å². The molecule has 28 heavy (non-hydrogen) atoms. The highest BCUT2D eigenvalue weighted by atomic mass is 16.5. The molecule has 2 aromatic carbocycles. The van der Waals surface area contributed by atoms with E-state index in [0.717, 1.165) is 46.3 Å². The Morgan fingerprint density at radius 2 is 1.68 bits per heavy atom. The quantitative estimate of drug-likeness (QED) is 0.498. The van der Waals surface area contributed by atoms with Crippen LogP contribution in [0.3, 0.4) is 0 Å². The number of nitrogens with zero attached hydrogens (tertiary/aromatic N) is 4. The second kappa shape index (κ2) is 7.68. The molecule has 0 aliphatic heterocycles. The number of ether oxygens (including phenoxy) is 1. The molecular formula is C22H22N4O2. The van der Waals surface area contributed by atoms with Gasteiger partial charge in [0.2, 0.25) is 0 Å². The molecule has 0 saturated heterocycles. The van der Waals surface area contributed by atoms with Crippen molar-refractivity contribution < 1.29 is 9.15 Å². The highest BCUT2D eigenvalue weighted by Gasteiger charge is 2.11. The van der Waals surface area contributed by atoms with Crippen LogP contribution in [0.15, 0.2) is 59.0 Å². The second-order valence-corrected chi connectivity index (χ2v) is 6.62. The molecule has 0 spiro atoms. The molecule has 2 heterocycles. The van der Waals surface area contributed by atoms with Gasteiger partial charge in [-0.25, -0.2) is 4.98 Å². The molecular weight excluding hydrogens is 352 g/mol. The highest BCUT2D eigenvalue weighted by molar-refractivity contribution is 5.62. The third kappa shape index (κ3) is 3.81. The van der Waals surface area contributed by atoms with E-state index in [4.69, 9.17) is 9.15 Å². The lowest BCUT2D eigenvalue weighted by atomic mass is 10.1. The van der Waals surface area contributed by atoms with Crippen LogP contribution in [0, 0.1) is 20.8 Å². The van der Waals surface area contributed by atoms with Crippen molar-refractivity contribution >= 4 is 0 Å². The van der Waals surface area contributed by atoms with Gasteiger partial charge in [-0.1, -0.05) is 18.2 Å². The van der Waals surface area contributed by atoms with Crippen LogP contribution in [-0.4, -0.2) is 26.6 Å². The van der Waals surface area contributed by atoms with Gasteiger partial charge in [-0.2, -0.15) is 9.90 Å². The van der Waals surface area contributed by atoms with Crippen LogP contribution in [0.1, 0.15) is 23.0 Å². The Labute approximate surface area is 163 Å². The van der Waals surface area contributed by atoms with E-state index in [1.807, 2.05) is 75.4 Å². The Balaban J connectivity index is 1.43. The summed E-state index contributed by atoms with van der Waals surface area (Å²) in [5.74, 6) is 2.36. The van der Waals surface area contributed by atoms with E-state index in [9.17, 15) is 0 Å². The lowest BCUT2D eigenvalue weighted by Gasteiger charge is -2.06. The van der Waals surface area contributed by atoms with Crippen LogP contribution in [-0.2, 0) is 6.42 Å². The summed E-state index contributed by atoms with van der Waals surface area (Å²) in [4.78, 5) is 6.03. The van der Waals surface area contributed by atoms with Crippen LogP contribution in [0.5, 0.6) is 5.75 Å². The molecule has 0 N–H and O–H groups in total. The molecule has 0 amide bonds. The summed E-state index contributed by atoms with van der Waals surface area (Å²) in [6, 6.07) is 17.8. The smallest absolute Gasteiger partial charge is 0.191 e. The van der Waals surface area contributed by atoms with E-state index >= 15 is 0 Å². The summed E-state index contributed by atoms with van der Waals surface area (Å²) in [7, 11) is 0. The molecule has 0 aliphatic rings. The minimum atomic E-state index is 0.551. The average molecular weight is 374 g/mol. The second-order valence-electron chi connectivity index (χ2n) is 6.62. The number of para-hydroxylation sites is 1. The van der Waals surface area contributed by atoms with Gasteiger partial charge in [0.15, 0.2) is 5.89 Å². The third-order valence-corrected chi connectivity index (χ3v) is 4.50. The molecule has 4 rings (SSSR count). The number of hydrogen-bond acceptors (Lipinski definition) is 5. The van der Waals surface area contributed by atoms with Gasteiger partial charge in [0.05, 0.1) is 23.7 Å². The highest BCUT2D eigenvalue weighted by Crippen LogP contribution is 2.24. The fraction of sp³-hybridized carbons (Fsp3) is 0.227. The molecule has 2 aromatic heterocycles. The topological polar surface area (TPSA) is 66.0 Å². The van der Waals surface area contributed by atoms with Crippen LogP contribution >= 0.6 is 0 Å². The van der Waals surface area contributed by atoms with Gasteiger partial charge in [0, 0.05) is 18.9 Å². The summed E-state index contributed by atoms with van der Waals surface area (Å²) >= 11 is 0. The number of benzene rings is 2. The molecule has 6 nitrogen and oxygen atoms in total. The Bertz CT molecular complexity index is 1070. The van der Waals surface area contributed by atoms with E-state index < -0.39 is 0 Å². The molecule has 0 saturated carbocycles. The zero-order valence-corrected chi connectivity index (χ0v) is 16.2. The van der Waals surface area contributed by atoms with Crippen LogP contribution in [0.2, 0.25) is 0 Å². The Morgan fingerprint density at radius 1 is 0.929 bits per heavy atom. The van der Waals surface area contributed by atoms with E-state index in [-0.39, 0.29) is 0 Å². The predicted molar refractivity (Wildman–Crippen MR) is 107 cm³/mol. The summed E-state index contributed by atoms with van der Waals surface area (Å²) < 4.78 is 11.3. The first kappa shape index (κ1) is 18.0. The summed E-state index contributed by atoms with van der Waals surface area (Å²) in [6.45, 7) is 6.30. The van der Waals surface area contributed by atoms with E-state index in [1.54, 1.807) is 4.80 Å². The van der Waals surface area contributed by atoms with Gasteiger partial charge in [0.25, 0.3) is 0 Å². The van der Waals surface area contributed by atoms with Gasteiger partial charge >= 0.3 is 0 Å². The molecule has 6 heteroatoms. The zero-order chi connectivity index (χ0) is 19.5. The Kier molecular flexibility index (Phi) is 4.93. The van der Waals surface area contributed by atoms with E-state index in [0.29, 0.717) is 12.5 Å². The van der Waals surface area contributed by atoms with Crippen molar-refractivity contribution in [3.8, 4) is 22.7 Å². The molecule has 4 aromatic rings. The molecule has 0 atom stereocenters. The maximum Gasteiger partial charge on any atom is 0.191 e. The molecule has 0 aliphatic carbocycles. The summed E-state index contributed by atoms with van der Waals surface area (Å²) in [6.07, 6.45) is 0.718. The fourth-order valence-electron chi connectivity index (χ4n) is 3.10. The molecule has 0 unspecified atom stereocenters. The third-order valence-electron chi connectivity index (χ3n) is 4.50. The Morgan fingerprint density at radius 3 is 2.36 bits per heavy atom. The van der Waals surface area contributed by atoms with Gasteiger partial charge in [-0.15, -0.1) is 5.10 Å². The Hall–Kier alpha value is -3.41. The first-order valence-corrected chi connectivity index (χ1v) is 9.25. The van der Waals surface area contributed by atoms with Crippen molar-refractivity contribution in [1.29, 1.82) is 0 Å². The van der Waals surface area contributed by atoms with Gasteiger partial charge in [-0.3, -0.25) is 0 Å². The number of aryl methyl sites for hydroxylation is 3. The maximum absolute atomic E-state index is 5.85. The lowest BCUT2D eigenvalue weighted by molar-refractivity contribution is 0.320. The van der Waals surface area contributed by atoms with E-state index in [2.05, 4.69) is 15.2 Å². The van der Waals surface area contributed by atoms with Crippen LogP contribution in [0.4, 0.5) is 0 Å². The van der Waals surface area contributed by atoms with Crippen molar-refractivity contribution in [2.24, 2.45) is 0 Å². The predicted octanol–water partition coefficient (Wildman–Crippen LogP) is 4.47. The molecule has 0 bridgehead atoms. The van der Waals surface area contributed by atoms with Gasteiger partial charge in [0.1, 0.15) is 17.2 Å². The molecule has 0 radical (unpaired) electrons. The van der Waals surface area contributed by atoms with Crippen LogP contribution < -0.4 is 4.74 Å². The first-order chi connectivity index (χ1) is 13.6. The standard InChI is InChI=1S/C22H22N4O2/c1-15-22(25-26(24-15)19-7-5-4-6-8-19)18-9-11-20(12-10-18)27-14-13-21-16(2)28-17(3)23-21/h4-12H,13-14H2,1-3H3. The minimum absolute atomic E-state index is 0.551. The van der Waals surface area contributed by atoms with Crippen LogP contribution in [0.25, 0.3) is 16.9 Å². The van der Waals surface area contributed by atoms with Gasteiger partial charge in [-0.05, 0) is 50.2 Å². The number of aromatic nitrogens is 4. The molecule has 142 valence electrons. The lowest BCUT2D eigenvalue weighted by Crippen LogP contribution is -2.02. The normalized spacial score (nSPS) is 11.0. The number of rotatable bonds is 6. The van der Waals surface area contributed by atoms with Crippen molar-refractivity contribution in [1.82, 2.24) is 20.0 Å². The van der Waals surface area contributed by atoms with Gasteiger partial charge < -0.3 is 9.15 Å². The monoisotopic (exact) mass is 374 g/mol. The van der Waals surface area contributed by atoms with Crippen molar-refractivity contribution in [3.05, 3.63) is 77.6 Å². The van der Waals surface area contributed by atoms with Crippen molar-refractivity contribution in [2.45, 2.75) is 27.2 Å². The number of oxazole rings is 1. The van der Waals surface area contributed by atoms with Crippen molar-refractivity contribution in [3.63, 3.8) is 0 Å². The minimum Gasteiger partial charge on any atom is -0.493 e. The van der Waals surface area contributed by atoms with Crippen molar-refractivity contribution in [2.75, 3.05) is 6.61 Å². The fourth-order valence-corrected chi connectivity index (χ4v) is 3.10. The largest absolute Gasteiger partial charge is 0.493 e. The molecule has 0 fully saturated rings. The number of hydrogen-bond donors (Lipinski definition) is 0. The SMILES string of the molecule is Cc1nc(CCOc2ccc(-c3nn(-c4ccccc4)nc3C)cc2)c(C)o1. The maximum atomic E-state index is 5.85. The summed E-state index contributed by atoms with van der Waals surface area (Å²) in [5.41, 5.74) is 4.64. The zero-order valence-electron chi connectivity index (χ0n) is 16.2.